The quantitative estimate of drug-likeness (QED) is 0.400. The SMILES string of the molecule is C=C(CC(=O)OC(C)(C)OC)C(=O)OC(C)(C)OC. The monoisotopic (exact) mass is 274 g/mol. The second-order valence-corrected chi connectivity index (χ2v) is 4.85. The van der Waals surface area contributed by atoms with E-state index >= 15 is 0 Å². The summed E-state index contributed by atoms with van der Waals surface area (Å²) >= 11 is 0. The zero-order chi connectivity index (χ0) is 15.3. The average molecular weight is 274 g/mol. The highest BCUT2D eigenvalue weighted by Gasteiger charge is 2.27. The highest BCUT2D eigenvalue weighted by Crippen LogP contribution is 2.16. The summed E-state index contributed by atoms with van der Waals surface area (Å²) in [6.07, 6.45) is -0.272. The largest absolute Gasteiger partial charge is 0.433 e. The van der Waals surface area contributed by atoms with Crippen LogP contribution in [0.25, 0.3) is 0 Å². The molecule has 0 N–H and O–H groups in total. The van der Waals surface area contributed by atoms with Crippen molar-refractivity contribution in [2.75, 3.05) is 14.2 Å². The first kappa shape index (κ1) is 17.6. The van der Waals surface area contributed by atoms with E-state index in [0.717, 1.165) is 0 Å². The van der Waals surface area contributed by atoms with Gasteiger partial charge >= 0.3 is 11.9 Å². The Hall–Kier alpha value is -1.40. The fraction of sp³-hybridized carbons (Fsp3) is 0.692. The maximum atomic E-state index is 11.6. The number of hydrogen-bond donors (Lipinski definition) is 0. The van der Waals surface area contributed by atoms with Crippen LogP contribution in [0.3, 0.4) is 0 Å². The van der Waals surface area contributed by atoms with Crippen LogP contribution >= 0.6 is 0 Å². The van der Waals surface area contributed by atoms with Gasteiger partial charge in [0.05, 0.1) is 6.42 Å². The number of carbonyl (C=O) groups excluding carboxylic acids is 2. The molecule has 0 spiro atoms. The maximum Gasteiger partial charge on any atom is 0.336 e. The topological polar surface area (TPSA) is 71.1 Å². The molecule has 0 fully saturated rings. The molecule has 6 heteroatoms. The number of methoxy groups -OCH3 is 2. The predicted molar refractivity (Wildman–Crippen MR) is 68.1 cm³/mol. The minimum absolute atomic E-state index is 0.0120. The molecule has 0 aromatic carbocycles. The van der Waals surface area contributed by atoms with Crippen LogP contribution in [0, 0.1) is 0 Å². The maximum absolute atomic E-state index is 11.6. The van der Waals surface area contributed by atoms with E-state index in [9.17, 15) is 9.59 Å². The van der Waals surface area contributed by atoms with Gasteiger partial charge in [0.15, 0.2) is 0 Å². The molecule has 0 amide bonds. The summed E-state index contributed by atoms with van der Waals surface area (Å²) in [4.78, 5) is 23.2. The second-order valence-electron chi connectivity index (χ2n) is 4.85. The summed E-state index contributed by atoms with van der Waals surface area (Å²) in [5, 5.41) is 0. The molecule has 0 rings (SSSR count). The van der Waals surface area contributed by atoms with Gasteiger partial charge in [0, 0.05) is 47.5 Å². The molecule has 0 atom stereocenters. The fourth-order valence-electron chi connectivity index (χ4n) is 0.935. The van der Waals surface area contributed by atoms with E-state index in [-0.39, 0.29) is 12.0 Å². The van der Waals surface area contributed by atoms with Crippen molar-refractivity contribution in [2.45, 2.75) is 45.7 Å². The standard InChI is InChI=1S/C13H22O6/c1-9(11(15)19-13(4,5)17-7)8-10(14)18-12(2,3)16-6/h1,8H2,2-7H3. The molecular formula is C13H22O6. The summed E-state index contributed by atoms with van der Waals surface area (Å²) < 4.78 is 19.9. The highest BCUT2D eigenvalue weighted by atomic mass is 16.7. The zero-order valence-electron chi connectivity index (χ0n) is 12.4. The molecule has 0 heterocycles. The minimum atomic E-state index is -1.07. The Bertz CT molecular complexity index is 356. The second kappa shape index (κ2) is 6.68. The van der Waals surface area contributed by atoms with E-state index in [0.29, 0.717) is 0 Å². The van der Waals surface area contributed by atoms with Crippen LogP contribution in [0.5, 0.6) is 0 Å². The van der Waals surface area contributed by atoms with E-state index in [1.165, 1.54) is 14.2 Å². The van der Waals surface area contributed by atoms with Crippen LogP contribution in [0.4, 0.5) is 0 Å². The lowest BCUT2D eigenvalue weighted by molar-refractivity contribution is -0.208. The highest BCUT2D eigenvalue weighted by molar-refractivity contribution is 5.93. The lowest BCUT2D eigenvalue weighted by Gasteiger charge is -2.24. The van der Waals surface area contributed by atoms with Gasteiger partial charge < -0.3 is 18.9 Å². The first-order valence-corrected chi connectivity index (χ1v) is 5.76. The first-order chi connectivity index (χ1) is 8.53. The molecule has 0 aliphatic heterocycles. The molecule has 0 bridgehead atoms. The first-order valence-electron chi connectivity index (χ1n) is 5.76. The molecule has 0 unspecified atom stereocenters. The number of hydrogen-bond acceptors (Lipinski definition) is 6. The third-order valence-electron chi connectivity index (χ3n) is 2.33. The summed E-state index contributed by atoms with van der Waals surface area (Å²) in [7, 11) is 2.82. The summed E-state index contributed by atoms with van der Waals surface area (Å²) in [5.41, 5.74) is -0.0120. The molecule has 0 aromatic rings. The lowest BCUT2D eigenvalue weighted by Crippen LogP contribution is -2.32. The number of esters is 2. The molecule has 0 aliphatic carbocycles. The van der Waals surface area contributed by atoms with Crippen molar-refractivity contribution in [3.8, 4) is 0 Å². The third kappa shape index (κ3) is 6.93. The summed E-state index contributed by atoms with van der Waals surface area (Å²) in [6.45, 7) is 9.81. The van der Waals surface area contributed by atoms with E-state index in [4.69, 9.17) is 18.9 Å². The van der Waals surface area contributed by atoms with Crippen molar-refractivity contribution in [2.24, 2.45) is 0 Å². The Morgan fingerprint density at radius 1 is 0.947 bits per heavy atom. The molecular weight excluding hydrogens is 252 g/mol. The predicted octanol–water partition coefficient (Wildman–Crippen LogP) is 1.78. The Morgan fingerprint density at radius 2 is 1.37 bits per heavy atom. The van der Waals surface area contributed by atoms with Crippen molar-refractivity contribution in [3.05, 3.63) is 12.2 Å². The number of rotatable bonds is 7. The van der Waals surface area contributed by atoms with Crippen LogP contribution in [0.2, 0.25) is 0 Å². The third-order valence-corrected chi connectivity index (χ3v) is 2.33. The summed E-state index contributed by atoms with van der Waals surface area (Å²) in [5.74, 6) is -3.45. The molecule has 6 nitrogen and oxygen atoms in total. The molecule has 0 saturated heterocycles. The average Bonchev–Trinajstić information content (AvgIpc) is 2.27. The van der Waals surface area contributed by atoms with Crippen molar-refractivity contribution >= 4 is 11.9 Å². The van der Waals surface area contributed by atoms with Crippen LogP contribution in [0.1, 0.15) is 34.1 Å². The Balaban J connectivity index is 4.39. The van der Waals surface area contributed by atoms with Gasteiger partial charge in [-0.05, 0) is 0 Å². The van der Waals surface area contributed by atoms with E-state index in [1.807, 2.05) is 0 Å². The molecule has 0 radical (unpaired) electrons. The van der Waals surface area contributed by atoms with Gasteiger partial charge in [0.2, 0.25) is 11.6 Å². The van der Waals surface area contributed by atoms with Gasteiger partial charge in [-0.2, -0.15) is 0 Å². The van der Waals surface area contributed by atoms with E-state index in [2.05, 4.69) is 6.58 Å². The van der Waals surface area contributed by atoms with Gasteiger partial charge in [-0.25, -0.2) is 4.79 Å². The Kier molecular flexibility index (Phi) is 6.18. The molecule has 0 aliphatic rings. The van der Waals surface area contributed by atoms with Gasteiger partial charge in [-0.1, -0.05) is 6.58 Å². The van der Waals surface area contributed by atoms with Crippen molar-refractivity contribution in [1.82, 2.24) is 0 Å². The van der Waals surface area contributed by atoms with Crippen LogP contribution in [0.15, 0.2) is 12.2 Å². The number of carbonyl (C=O) groups is 2. The Morgan fingerprint density at radius 3 is 1.79 bits per heavy atom. The van der Waals surface area contributed by atoms with Crippen LogP contribution in [-0.2, 0) is 28.5 Å². The summed E-state index contributed by atoms with van der Waals surface area (Å²) in [6, 6.07) is 0. The number of ether oxygens (including phenoxy) is 4. The van der Waals surface area contributed by atoms with Crippen molar-refractivity contribution in [1.29, 1.82) is 0 Å². The van der Waals surface area contributed by atoms with Crippen molar-refractivity contribution < 1.29 is 28.5 Å². The molecule has 0 aromatic heterocycles. The van der Waals surface area contributed by atoms with Crippen LogP contribution < -0.4 is 0 Å². The van der Waals surface area contributed by atoms with Crippen LogP contribution in [-0.4, -0.2) is 37.7 Å². The zero-order valence-corrected chi connectivity index (χ0v) is 12.4. The molecule has 19 heavy (non-hydrogen) atoms. The smallest absolute Gasteiger partial charge is 0.336 e. The molecule has 0 saturated carbocycles. The minimum Gasteiger partial charge on any atom is -0.433 e. The Labute approximate surface area is 113 Å². The van der Waals surface area contributed by atoms with E-state index < -0.39 is 23.5 Å². The van der Waals surface area contributed by atoms with Gasteiger partial charge in [-0.3, -0.25) is 4.79 Å². The molecule has 110 valence electrons. The van der Waals surface area contributed by atoms with Gasteiger partial charge in [0.25, 0.3) is 0 Å². The fourth-order valence-corrected chi connectivity index (χ4v) is 0.935. The normalized spacial score (nSPS) is 11.9. The van der Waals surface area contributed by atoms with Gasteiger partial charge in [0.1, 0.15) is 0 Å². The van der Waals surface area contributed by atoms with Gasteiger partial charge in [-0.15, -0.1) is 0 Å². The van der Waals surface area contributed by atoms with Crippen molar-refractivity contribution in [3.63, 3.8) is 0 Å². The van der Waals surface area contributed by atoms with E-state index in [1.54, 1.807) is 27.7 Å². The lowest BCUT2D eigenvalue weighted by atomic mass is 10.2.